The minimum Gasteiger partial charge on any atom is -0.366 e. The van der Waals surface area contributed by atoms with Crippen LogP contribution in [0.4, 0.5) is 10.8 Å². The van der Waals surface area contributed by atoms with E-state index in [2.05, 4.69) is 20.4 Å². The number of carbonyl (C=O) groups excluding carboxylic acids is 1. The first-order valence-electron chi connectivity index (χ1n) is 6.31. The van der Waals surface area contributed by atoms with Gasteiger partial charge in [-0.2, -0.15) is 0 Å². The molecule has 104 valence electrons. The van der Waals surface area contributed by atoms with Crippen LogP contribution in [0.2, 0.25) is 0 Å². The SMILES string of the molecule is O=C(Nc1nncs1)[C@H]1CN(c2ccccc2)CCO1. The molecule has 1 fully saturated rings. The summed E-state index contributed by atoms with van der Waals surface area (Å²) in [5.74, 6) is -0.178. The van der Waals surface area contributed by atoms with Gasteiger partial charge in [-0.25, -0.2) is 0 Å². The Kier molecular flexibility index (Phi) is 3.89. The summed E-state index contributed by atoms with van der Waals surface area (Å²) in [6.07, 6.45) is -0.493. The Morgan fingerprint density at radius 3 is 3.00 bits per heavy atom. The topological polar surface area (TPSA) is 67.4 Å². The quantitative estimate of drug-likeness (QED) is 0.925. The van der Waals surface area contributed by atoms with E-state index >= 15 is 0 Å². The van der Waals surface area contributed by atoms with Crippen LogP contribution in [0, 0.1) is 0 Å². The molecule has 0 spiro atoms. The third-order valence-corrected chi connectivity index (χ3v) is 3.68. The maximum atomic E-state index is 12.1. The van der Waals surface area contributed by atoms with Gasteiger partial charge in [0.25, 0.3) is 5.91 Å². The zero-order valence-electron chi connectivity index (χ0n) is 10.7. The van der Waals surface area contributed by atoms with E-state index in [4.69, 9.17) is 4.74 Å². The van der Waals surface area contributed by atoms with Crippen molar-refractivity contribution in [3.05, 3.63) is 35.8 Å². The third-order valence-electron chi connectivity index (χ3n) is 3.07. The number of carbonyl (C=O) groups is 1. The summed E-state index contributed by atoms with van der Waals surface area (Å²) in [7, 11) is 0. The van der Waals surface area contributed by atoms with Gasteiger partial charge in [-0.3, -0.25) is 10.1 Å². The van der Waals surface area contributed by atoms with Crippen molar-refractivity contribution >= 4 is 28.1 Å². The molecule has 2 aromatic rings. The summed E-state index contributed by atoms with van der Waals surface area (Å²) in [4.78, 5) is 14.3. The number of hydrogen-bond acceptors (Lipinski definition) is 6. The van der Waals surface area contributed by atoms with Crippen molar-refractivity contribution in [3.8, 4) is 0 Å². The van der Waals surface area contributed by atoms with E-state index in [0.717, 1.165) is 12.2 Å². The average molecular weight is 290 g/mol. The van der Waals surface area contributed by atoms with Gasteiger partial charge in [0, 0.05) is 12.2 Å². The van der Waals surface area contributed by atoms with Gasteiger partial charge in [-0.05, 0) is 12.1 Å². The standard InChI is InChI=1S/C13H14N4O2S/c18-12(15-13-16-14-9-20-13)11-8-17(6-7-19-11)10-4-2-1-3-5-10/h1-5,9,11H,6-8H2,(H,15,16,18)/t11-/m1/s1. The van der Waals surface area contributed by atoms with Gasteiger partial charge in [0.1, 0.15) is 5.51 Å². The molecule has 1 aliphatic heterocycles. The first-order chi connectivity index (χ1) is 9.83. The van der Waals surface area contributed by atoms with E-state index in [1.54, 1.807) is 5.51 Å². The van der Waals surface area contributed by atoms with Crippen molar-refractivity contribution in [2.24, 2.45) is 0 Å². The van der Waals surface area contributed by atoms with Crippen molar-refractivity contribution in [1.29, 1.82) is 0 Å². The van der Waals surface area contributed by atoms with Gasteiger partial charge in [0.15, 0.2) is 6.10 Å². The first kappa shape index (κ1) is 13.0. The fourth-order valence-corrected chi connectivity index (χ4v) is 2.54. The van der Waals surface area contributed by atoms with Crippen LogP contribution in [0.25, 0.3) is 0 Å². The molecule has 0 radical (unpaired) electrons. The Labute approximate surface area is 120 Å². The second-order valence-electron chi connectivity index (χ2n) is 4.37. The zero-order valence-corrected chi connectivity index (χ0v) is 11.5. The highest BCUT2D eigenvalue weighted by molar-refractivity contribution is 7.13. The summed E-state index contributed by atoms with van der Waals surface area (Å²) in [5.41, 5.74) is 2.68. The van der Waals surface area contributed by atoms with Crippen LogP contribution in [0.3, 0.4) is 0 Å². The highest BCUT2D eigenvalue weighted by atomic mass is 32.1. The zero-order chi connectivity index (χ0) is 13.8. The molecular formula is C13H14N4O2S. The number of benzene rings is 1. The Morgan fingerprint density at radius 2 is 2.25 bits per heavy atom. The van der Waals surface area contributed by atoms with Crippen LogP contribution in [0.15, 0.2) is 35.8 Å². The molecule has 1 saturated heterocycles. The number of nitrogens with zero attached hydrogens (tertiary/aromatic N) is 3. The van der Waals surface area contributed by atoms with Crippen molar-refractivity contribution in [1.82, 2.24) is 10.2 Å². The van der Waals surface area contributed by atoms with Gasteiger partial charge < -0.3 is 9.64 Å². The van der Waals surface area contributed by atoms with Gasteiger partial charge in [0.2, 0.25) is 5.13 Å². The van der Waals surface area contributed by atoms with Crippen LogP contribution in [-0.4, -0.2) is 41.9 Å². The minimum absolute atomic E-state index is 0.178. The highest BCUT2D eigenvalue weighted by Gasteiger charge is 2.27. The molecule has 1 amide bonds. The molecule has 0 unspecified atom stereocenters. The highest BCUT2D eigenvalue weighted by Crippen LogP contribution is 2.18. The van der Waals surface area contributed by atoms with E-state index < -0.39 is 6.10 Å². The number of morpholine rings is 1. The van der Waals surface area contributed by atoms with Crippen LogP contribution < -0.4 is 10.2 Å². The lowest BCUT2D eigenvalue weighted by atomic mass is 10.2. The number of ether oxygens (including phenoxy) is 1. The van der Waals surface area contributed by atoms with E-state index in [1.165, 1.54) is 11.3 Å². The molecule has 1 atom stereocenters. The van der Waals surface area contributed by atoms with Crippen LogP contribution in [0.1, 0.15) is 0 Å². The number of para-hydroxylation sites is 1. The number of aromatic nitrogens is 2. The molecule has 0 aliphatic carbocycles. The summed E-state index contributed by atoms with van der Waals surface area (Å²) < 4.78 is 5.54. The molecule has 6 nitrogen and oxygen atoms in total. The number of nitrogens with one attached hydrogen (secondary N) is 1. The van der Waals surface area contributed by atoms with Crippen molar-refractivity contribution in [2.45, 2.75) is 6.10 Å². The van der Waals surface area contributed by atoms with Crippen molar-refractivity contribution in [2.75, 3.05) is 29.9 Å². The van der Waals surface area contributed by atoms with E-state index in [9.17, 15) is 4.79 Å². The normalized spacial score (nSPS) is 18.8. The van der Waals surface area contributed by atoms with E-state index in [-0.39, 0.29) is 5.91 Å². The van der Waals surface area contributed by atoms with Gasteiger partial charge in [-0.1, -0.05) is 29.5 Å². The number of hydrogen-bond donors (Lipinski definition) is 1. The molecule has 1 aromatic heterocycles. The first-order valence-corrected chi connectivity index (χ1v) is 7.19. The molecule has 1 N–H and O–H groups in total. The van der Waals surface area contributed by atoms with Crippen LogP contribution >= 0.6 is 11.3 Å². The number of rotatable bonds is 3. The van der Waals surface area contributed by atoms with Crippen molar-refractivity contribution in [3.63, 3.8) is 0 Å². The smallest absolute Gasteiger partial charge is 0.257 e. The lowest BCUT2D eigenvalue weighted by Crippen LogP contribution is -2.48. The molecule has 0 bridgehead atoms. The molecule has 3 rings (SSSR count). The Balaban J connectivity index is 1.64. The lowest BCUT2D eigenvalue weighted by molar-refractivity contribution is -0.128. The monoisotopic (exact) mass is 290 g/mol. The number of amides is 1. The average Bonchev–Trinajstić information content (AvgIpc) is 3.01. The van der Waals surface area contributed by atoms with E-state index in [1.807, 2.05) is 30.3 Å². The van der Waals surface area contributed by atoms with Crippen LogP contribution in [-0.2, 0) is 9.53 Å². The molecule has 1 aromatic carbocycles. The second kappa shape index (κ2) is 5.98. The fourth-order valence-electron chi connectivity index (χ4n) is 2.09. The fraction of sp³-hybridized carbons (Fsp3) is 0.308. The predicted molar refractivity (Wildman–Crippen MR) is 76.9 cm³/mol. The van der Waals surface area contributed by atoms with Gasteiger partial charge >= 0.3 is 0 Å². The summed E-state index contributed by atoms with van der Waals surface area (Å²) in [6.45, 7) is 1.85. The largest absolute Gasteiger partial charge is 0.366 e. The lowest BCUT2D eigenvalue weighted by Gasteiger charge is -2.33. The van der Waals surface area contributed by atoms with Crippen LogP contribution in [0.5, 0.6) is 0 Å². The Morgan fingerprint density at radius 1 is 1.40 bits per heavy atom. The molecule has 20 heavy (non-hydrogen) atoms. The van der Waals surface area contributed by atoms with E-state index in [0.29, 0.717) is 18.3 Å². The summed E-state index contributed by atoms with van der Waals surface area (Å²) in [5, 5.41) is 10.7. The maximum absolute atomic E-state index is 12.1. The molecule has 0 saturated carbocycles. The van der Waals surface area contributed by atoms with Crippen molar-refractivity contribution < 1.29 is 9.53 Å². The Bertz CT molecular complexity index is 561. The second-order valence-corrected chi connectivity index (χ2v) is 5.21. The molecular weight excluding hydrogens is 276 g/mol. The van der Waals surface area contributed by atoms with Gasteiger partial charge in [-0.15, -0.1) is 10.2 Å². The third kappa shape index (κ3) is 2.94. The summed E-state index contributed by atoms with van der Waals surface area (Å²) >= 11 is 1.29. The maximum Gasteiger partial charge on any atom is 0.257 e. The van der Waals surface area contributed by atoms with Gasteiger partial charge in [0.05, 0.1) is 13.2 Å². The molecule has 2 heterocycles. The minimum atomic E-state index is -0.493. The predicted octanol–water partition coefficient (Wildman–Crippen LogP) is 1.38. The number of anilines is 2. The molecule has 7 heteroatoms. The summed E-state index contributed by atoms with van der Waals surface area (Å²) in [6, 6.07) is 10.0. The molecule has 1 aliphatic rings. The Hall–Kier alpha value is -1.99.